The maximum Gasteiger partial charge on any atom is 0.251 e. The lowest BCUT2D eigenvalue weighted by atomic mass is 10.1. The first kappa shape index (κ1) is 13.5. The van der Waals surface area contributed by atoms with Crippen LogP contribution in [0.25, 0.3) is 0 Å². The summed E-state index contributed by atoms with van der Waals surface area (Å²) in [5.41, 5.74) is 2.93. The summed E-state index contributed by atoms with van der Waals surface area (Å²) in [6.45, 7) is 0.899. The van der Waals surface area contributed by atoms with Crippen LogP contribution in [-0.2, 0) is 13.0 Å². The van der Waals surface area contributed by atoms with Crippen LogP contribution >= 0.6 is 0 Å². The van der Waals surface area contributed by atoms with Crippen LogP contribution in [0.2, 0.25) is 0 Å². The minimum Gasteiger partial charge on any atom is -0.384 e. The smallest absolute Gasteiger partial charge is 0.251 e. The SMILES string of the molecule is O=C(NCc1ccc(F)cc1F)c1ccc2c(c1)NCC2. The molecule has 0 saturated carbocycles. The van der Waals surface area contributed by atoms with E-state index >= 15 is 0 Å². The number of benzene rings is 2. The molecule has 0 radical (unpaired) electrons. The first-order valence-electron chi connectivity index (χ1n) is 6.72. The summed E-state index contributed by atoms with van der Waals surface area (Å²) in [5.74, 6) is -1.58. The molecular formula is C16H14F2N2O. The van der Waals surface area contributed by atoms with Gasteiger partial charge in [0.2, 0.25) is 0 Å². The second kappa shape index (κ2) is 5.52. The molecule has 3 nitrogen and oxygen atoms in total. The van der Waals surface area contributed by atoms with Crippen LogP contribution in [0.15, 0.2) is 36.4 Å². The second-order valence-corrected chi connectivity index (χ2v) is 4.97. The maximum absolute atomic E-state index is 13.5. The van der Waals surface area contributed by atoms with Crippen LogP contribution in [-0.4, -0.2) is 12.5 Å². The van der Waals surface area contributed by atoms with Crippen LogP contribution < -0.4 is 10.6 Å². The molecule has 21 heavy (non-hydrogen) atoms. The molecule has 0 saturated heterocycles. The molecule has 0 unspecified atom stereocenters. The standard InChI is InChI=1S/C16H14F2N2O/c17-13-4-3-12(14(18)8-13)9-20-16(21)11-2-1-10-5-6-19-15(10)7-11/h1-4,7-8,19H,5-6,9H2,(H,20,21). The van der Waals surface area contributed by atoms with E-state index in [9.17, 15) is 13.6 Å². The number of anilines is 1. The Hall–Kier alpha value is -2.43. The summed E-state index contributed by atoms with van der Waals surface area (Å²) in [7, 11) is 0. The highest BCUT2D eigenvalue weighted by atomic mass is 19.1. The molecule has 2 aromatic carbocycles. The van der Waals surface area contributed by atoms with Gasteiger partial charge in [0.25, 0.3) is 5.91 Å². The monoisotopic (exact) mass is 288 g/mol. The summed E-state index contributed by atoms with van der Waals surface area (Å²) in [4.78, 5) is 12.1. The number of hydrogen-bond acceptors (Lipinski definition) is 2. The molecule has 0 fully saturated rings. The van der Waals surface area contributed by atoms with Gasteiger partial charge >= 0.3 is 0 Å². The van der Waals surface area contributed by atoms with Crippen molar-refractivity contribution in [3.63, 3.8) is 0 Å². The summed E-state index contributed by atoms with van der Waals surface area (Å²) in [6.07, 6.45) is 0.956. The van der Waals surface area contributed by atoms with Gasteiger partial charge in [-0.1, -0.05) is 12.1 Å². The van der Waals surface area contributed by atoms with Gasteiger partial charge in [0.15, 0.2) is 0 Å². The summed E-state index contributed by atoms with van der Waals surface area (Å²) < 4.78 is 26.3. The van der Waals surface area contributed by atoms with Crippen molar-refractivity contribution in [3.8, 4) is 0 Å². The minimum atomic E-state index is -0.661. The van der Waals surface area contributed by atoms with Crippen molar-refractivity contribution in [2.45, 2.75) is 13.0 Å². The van der Waals surface area contributed by atoms with Gasteiger partial charge < -0.3 is 10.6 Å². The van der Waals surface area contributed by atoms with Crippen LogP contribution in [0.1, 0.15) is 21.5 Å². The molecule has 1 heterocycles. The Morgan fingerprint density at radius 2 is 2.05 bits per heavy atom. The van der Waals surface area contributed by atoms with E-state index in [-0.39, 0.29) is 18.0 Å². The van der Waals surface area contributed by atoms with Crippen molar-refractivity contribution in [2.24, 2.45) is 0 Å². The first-order chi connectivity index (χ1) is 10.1. The van der Waals surface area contributed by atoms with Crippen molar-refractivity contribution in [3.05, 3.63) is 64.7 Å². The third kappa shape index (κ3) is 2.86. The van der Waals surface area contributed by atoms with E-state index in [1.807, 2.05) is 6.07 Å². The van der Waals surface area contributed by atoms with E-state index in [4.69, 9.17) is 0 Å². The normalized spacial score (nSPS) is 12.7. The van der Waals surface area contributed by atoms with E-state index in [1.165, 1.54) is 17.7 Å². The average molecular weight is 288 g/mol. The highest BCUT2D eigenvalue weighted by molar-refractivity contribution is 5.95. The topological polar surface area (TPSA) is 41.1 Å². The number of carbonyl (C=O) groups excluding carboxylic acids is 1. The zero-order valence-corrected chi connectivity index (χ0v) is 11.2. The third-order valence-corrected chi connectivity index (χ3v) is 3.54. The predicted molar refractivity (Wildman–Crippen MR) is 76.2 cm³/mol. The molecule has 3 rings (SSSR count). The van der Waals surface area contributed by atoms with Crippen molar-refractivity contribution in [1.29, 1.82) is 0 Å². The van der Waals surface area contributed by atoms with E-state index in [0.29, 0.717) is 5.56 Å². The van der Waals surface area contributed by atoms with Crippen LogP contribution in [0, 0.1) is 11.6 Å². The van der Waals surface area contributed by atoms with Gasteiger partial charge in [-0.15, -0.1) is 0 Å². The number of halogens is 2. The molecular weight excluding hydrogens is 274 g/mol. The first-order valence-corrected chi connectivity index (χ1v) is 6.72. The van der Waals surface area contributed by atoms with Gasteiger partial charge in [0.05, 0.1) is 0 Å². The molecule has 1 aliphatic heterocycles. The van der Waals surface area contributed by atoms with Crippen LogP contribution in [0.5, 0.6) is 0 Å². The lowest BCUT2D eigenvalue weighted by molar-refractivity contribution is 0.0950. The summed E-state index contributed by atoms with van der Waals surface area (Å²) in [5, 5.41) is 5.84. The van der Waals surface area contributed by atoms with Gasteiger partial charge in [-0.25, -0.2) is 8.78 Å². The fourth-order valence-corrected chi connectivity index (χ4v) is 2.37. The Labute approximate surface area is 121 Å². The molecule has 0 bridgehead atoms. The number of amides is 1. The summed E-state index contributed by atoms with van der Waals surface area (Å²) >= 11 is 0. The highest BCUT2D eigenvalue weighted by Gasteiger charge is 2.13. The Kier molecular flexibility index (Phi) is 3.56. The van der Waals surface area contributed by atoms with Gasteiger partial charge in [0.1, 0.15) is 11.6 Å². The van der Waals surface area contributed by atoms with Crippen molar-refractivity contribution >= 4 is 11.6 Å². The maximum atomic E-state index is 13.5. The molecule has 0 aliphatic carbocycles. The number of fused-ring (bicyclic) bond motifs is 1. The largest absolute Gasteiger partial charge is 0.384 e. The quantitative estimate of drug-likeness (QED) is 0.912. The number of rotatable bonds is 3. The molecule has 1 amide bonds. The fraction of sp³-hybridized carbons (Fsp3) is 0.188. The van der Waals surface area contributed by atoms with Crippen molar-refractivity contribution in [2.75, 3.05) is 11.9 Å². The lowest BCUT2D eigenvalue weighted by Crippen LogP contribution is -2.23. The lowest BCUT2D eigenvalue weighted by Gasteiger charge is -2.08. The highest BCUT2D eigenvalue weighted by Crippen LogP contribution is 2.23. The van der Waals surface area contributed by atoms with Crippen molar-refractivity contribution < 1.29 is 13.6 Å². The molecule has 0 spiro atoms. The number of hydrogen-bond donors (Lipinski definition) is 2. The predicted octanol–water partition coefficient (Wildman–Crippen LogP) is 2.86. The summed E-state index contributed by atoms with van der Waals surface area (Å²) in [6, 6.07) is 8.77. The minimum absolute atomic E-state index is 0.0233. The Morgan fingerprint density at radius 1 is 1.19 bits per heavy atom. The van der Waals surface area contributed by atoms with Crippen LogP contribution in [0.4, 0.5) is 14.5 Å². The zero-order chi connectivity index (χ0) is 14.8. The Bertz CT molecular complexity index is 701. The van der Waals surface area contributed by atoms with Gasteiger partial charge in [-0.3, -0.25) is 4.79 Å². The van der Waals surface area contributed by atoms with E-state index in [0.717, 1.165) is 24.7 Å². The Balaban J connectivity index is 1.69. The third-order valence-electron chi connectivity index (χ3n) is 3.54. The number of carbonyl (C=O) groups is 1. The molecule has 2 aromatic rings. The molecule has 1 aliphatic rings. The number of nitrogens with one attached hydrogen (secondary N) is 2. The molecule has 0 atom stereocenters. The fourth-order valence-electron chi connectivity index (χ4n) is 2.37. The van der Waals surface area contributed by atoms with Crippen molar-refractivity contribution in [1.82, 2.24) is 5.32 Å². The van der Waals surface area contributed by atoms with E-state index in [2.05, 4.69) is 10.6 Å². The average Bonchev–Trinajstić information content (AvgIpc) is 2.93. The molecule has 0 aromatic heterocycles. The van der Waals surface area contributed by atoms with E-state index < -0.39 is 11.6 Å². The molecule has 108 valence electrons. The zero-order valence-electron chi connectivity index (χ0n) is 11.2. The van der Waals surface area contributed by atoms with Crippen LogP contribution in [0.3, 0.4) is 0 Å². The van der Waals surface area contributed by atoms with Gasteiger partial charge in [-0.05, 0) is 30.2 Å². The van der Waals surface area contributed by atoms with E-state index in [1.54, 1.807) is 12.1 Å². The Morgan fingerprint density at radius 3 is 2.86 bits per heavy atom. The second-order valence-electron chi connectivity index (χ2n) is 4.97. The molecule has 2 N–H and O–H groups in total. The molecule has 5 heteroatoms. The van der Waals surface area contributed by atoms with Gasteiger partial charge in [0, 0.05) is 36.0 Å². The van der Waals surface area contributed by atoms with Gasteiger partial charge in [-0.2, -0.15) is 0 Å².